The van der Waals surface area contributed by atoms with Crippen molar-refractivity contribution in [2.24, 2.45) is 5.92 Å². The third-order valence-electron chi connectivity index (χ3n) is 2.08. The highest BCUT2D eigenvalue weighted by Gasteiger charge is 2.14. The van der Waals surface area contributed by atoms with Crippen molar-refractivity contribution in [3.63, 3.8) is 0 Å². The molecule has 0 amide bonds. The normalized spacial score (nSPS) is 24.2. The predicted molar refractivity (Wildman–Crippen MR) is 41.0 cm³/mol. The van der Waals surface area contributed by atoms with E-state index in [0.29, 0.717) is 0 Å². The van der Waals surface area contributed by atoms with E-state index in [4.69, 9.17) is 0 Å². The first-order chi connectivity index (χ1) is 5.45. The van der Waals surface area contributed by atoms with E-state index in [9.17, 15) is 0 Å². The molecule has 0 radical (unpaired) electrons. The molecule has 1 aromatic heterocycles. The Morgan fingerprint density at radius 2 is 2.64 bits per heavy atom. The van der Waals surface area contributed by atoms with E-state index in [0.717, 1.165) is 25.6 Å². The Hall–Kier alpha value is -0.900. The molecular formula is C7H12N4. The molecule has 1 saturated heterocycles. The van der Waals surface area contributed by atoms with Crippen LogP contribution in [0.3, 0.4) is 0 Å². The fourth-order valence-corrected chi connectivity index (χ4v) is 1.46. The molecule has 4 heteroatoms. The van der Waals surface area contributed by atoms with Crippen LogP contribution in [-0.4, -0.2) is 28.1 Å². The zero-order valence-electron chi connectivity index (χ0n) is 6.40. The molecule has 1 aliphatic rings. The SMILES string of the molecule is c1cn(C[C@H]2CCNC2)nn1. The number of hydrogen-bond acceptors (Lipinski definition) is 3. The molecule has 0 saturated carbocycles. The highest BCUT2D eigenvalue weighted by Crippen LogP contribution is 2.08. The van der Waals surface area contributed by atoms with E-state index in [-0.39, 0.29) is 0 Å². The van der Waals surface area contributed by atoms with Crippen molar-refractivity contribution in [3.05, 3.63) is 12.4 Å². The first kappa shape index (κ1) is 6.79. The van der Waals surface area contributed by atoms with Gasteiger partial charge >= 0.3 is 0 Å². The minimum Gasteiger partial charge on any atom is -0.316 e. The van der Waals surface area contributed by atoms with Crippen molar-refractivity contribution in [1.29, 1.82) is 0 Å². The van der Waals surface area contributed by atoms with Crippen LogP contribution in [0.25, 0.3) is 0 Å². The molecule has 60 valence electrons. The van der Waals surface area contributed by atoms with Gasteiger partial charge in [0.05, 0.1) is 6.20 Å². The van der Waals surface area contributed by atoms with Gasteiger partial charge in [0.2, 0.25) is 0 Å². The Labute approximate surface area is 65.6 Å². The molecule has 0 aromatic carbocycles. The standard InChI is InChI=1S/C7H12N4/c1-2-8-5-7(1)6-11-4-3-9-10-11/h3-4,7-8H,1-2,5-6H2/t7-/m0/s1. The lowest BCUT2D eigenvalue weighted by Crippen LogP contribution is -2.14. The fourth-order valence-electron chi connectivity index (χ4n) is 1.46. The molecule has 1 aromatic rings. The van der Waals surface area contributed by atoms with Gasteiger partial charge in [-0.2, -0.15) is 0 Å². The number of aromatic nitrogens is 3. The molecule has 2 rings (SSSR count). The maximum absolute atomic E-state index is 3.92. The molecule has 11 heavy (non-hydrogen) atoms. The zero-order chi connectivity index (χ0) is 7.52. The number of hydrogen-bond donors (Lipinski definition) is 1. The van der Waals surface area contributed by atoms with Crippen LogP contribution in [0.1, 0.15) is 6.42 Å². The summed E-state index contributed by atoms with van der Waals surface area (Å²) < 4.78 is 1.90. The molecule has 1 fully saturated rings. The van der Waals surface area contributed by atoms with E-state index in [1.807, 2.05) is 10.9 Å². The Morgan fingerprint density at radius 3 is 3.27 bits per heavy atom. The summed E-state index contributed by atoms with van der Waals surface area (Å²) >= 11 is 0. The Balaban J connectivity index is 1.90. The Morgan fingerprint density at radius 1 is 1.64 bits per heavy atom. The monoisotopic (exact) mass is 152 g/mol. The van der Waals surface area contributed by atoms with Gasteiger partial charge < -0.3 is 5.32 Å². The van der Waals surface area contributed by atoms with Gasteiger partial charge in [0.25, 0.3) is 0 Å². The second-order valence-electron chi connectivity index (χ2n) is 2.98. The van der Waals surface area contributed by atoms with Crippen LogP contribution in [0.2, 0.25) is 0 Å². The molecule has 0 aliphatic carbocycles. The molecule has 0 spiro atoms. The van der Waals surface area contributed by atoms with Crippen LogP contribution >= 0.6 is 0 Å². The predicted octanol–water partition coefficient (Wildman–Crippen LogP) is -0.112. The van der Waals surface area contributed by atoms with Gasteiger partial charge in [-0.15, -0.1) is 5.10 Å². The van der Waals surface area contributed by atoms with Crippen LogP contribution in [0.4, 0.5) is 0 Å². The van der Waals surface area contributed by atoms with E-state index in [1.165, 1.54) is 6.42 Å². The van der Waals surface area contributed by atoms with Crippen molar-refractivity contribution in [2.75, 3.05) is 13.1 Å². The van der Waals surface area contributed by atoms with Crippen molar-refractivity contribution >= 4 is 0 Å². The van der Waals surface area contributed by atoms with Crippen molar-refractivity contribution in [1.82, 2.24) is 20.3 Å². The zero-order valence-corrected chi connectivity index (χ0v) is 6.40. The summed E-state index contributed by atoms with van der Waals surface area (Å²) in [6, 6.07) is 0. The largest absolute Gasteiger partial charge is 0.316 e. The van der Waals surface area contributed by atoms with Crippen molar-refractivity contribution in [2.45, 2.75) is 13.0 Å². The van der Waals surface area contributed by atoms with Crippen LogP contribution in [0, 0.1) is 5.92 Å². The lowest BCUT2D eigenvalue weighted by molar-refractivity contribution is 0.441. The van der Waals surface area contributed by atoms with E-state index in [1.54, 1.807) is 6.20 Å². The summed E-state index contributed by atoms with van der Waals surface area (Å²) in [4.78, 5) is 0. The minimum absolute atomic E-state index is 0.747. The van der Waals surface area contributed by atoms with Gasteiger partial charge in [-0.25, -0.2) is 0 Å². The van der Waals surface area contributed by atoms with Crippen LogP contribution in [0.15, 0.2) is 12.4 Å². The number of rotatable bonds is 2. The summed E-state index contributed by atoms with van der Waals surface area (Å²) in [5.41, 5.74) is 0. The van der Waals surface area contributed by atoms with Gasteiger partial charge in [0.1, 0.15) is 0 Å². The lowest BCUT2D eigenvalue weighted by atomic mass is 10.1. The van der Waals surface area contributed by atoms with Crippen molar-refractivity contribution < 1.29 is 0 Å². The maximum atomic E-state index is 3.92. The van der Waals surface area contributed by atoms with Gasteiger partial charge in [-0.1, -0.05) is 5.21 Å². The molecule has 2 heterocycles. The van der Waals surface area contributed by atoms with Crippen LogP contribution in [-0.2, 0) is 6.54 Å². The average Bonchev–Trinajstić information content (AvgIpc) is 2.60. The summed E-state index contributed by atoms with van der Waals surface area (Å²) in [5.74, 6) is 0.747. The van der Waals surface area contributed by atoms with Crippen LogP contribution < -0.4 is 5.32 Å². The third kappa shape index (κ3) is 1.57. The maximum Gasteiger partial charge on any atom is 0.0692 e. The Bertz CT molecular complexity index is 200. The second-order valence-corrected chi connectivity index (χ2v) is 2.98. The van der Waals surface area contributed by atoms with Gasteiger partial charge in [0, 0.05) is 12.7 Å². The van der Waals surface area contributed by atoms with E-state index >= 15 is 0 Å². The van der Waals surface area contributed by atoms with Gasteiger partial charge in [0.15, 0.2) is 0 Å². The number of nitrogens with zero attached hydrogens (tertiary/aromatic N) is 3. The third-order valence-corrected chi connectivity index (χ3v) is 2.08. The quantitative estimate of drug-likeness (QED) is 0.643. The highest BCUT2D eigenvalue weighted by atomic mass is 15.4. The molecule has 1 N–H and O–H groups in total. The number of nitrogens with one attached hydrogen (secondary N) is 1. The summed E-state index contributed by atoms with van der Waals surface area (Å²) in [5, 5.41) is 11.0. The average molecular weight is 152 g/mol. The topological polar surface area (TPSA) is 42.7 Å². The Kier molecular flexibility index (Phi) is 1.85. The highest BCUT2D eigenvalue weighted by molar-refractivity contribution is 4.73. The lowest BCUT2D eigenvalue weighted by Gasteiger charge is -2.05. The van der Waals surface area contributed by atoms with Gasteiger partial charge in [-0.05, 0) is 25.4 Å². The molecular weight excluding hydrogens is 140 g/mol. The van der Waals surface area contributed by atoms with E-state index in [2.05, 4.69) is 15.6 Å². The first-order valence-electron chi connectivity index (χ1n) is 4.00. The second kappa shape index (κ2) is 3.00. The molecule has 1 aliphatic heterocycles. The first-order valence-corrected chi connectivity index (χ1v) is 4.00. The van der Waals surface area contributed by atoms with Crippen LogP contribution in [0.5, 0.6) is 0 Å². The summed E-state index contributed by atoms with van der Waals surface area (Å²) in [6.45, 7) is 3.28. The molecule has 1 atom stereocenters. The molecule has 0 unspecified atom stereocenters. The van der Waals surface area contributed by atoms with Gasteiger partial charge in [-0.3, -0.25) is 4.68 Å². The summed E-state index contributed by atoms with van der Waals surface area (Å²) in [6.07, 6.45) is 4.90. The summed E-state index contributed by atoms with van der Waals surface area (Å²) in [7, 11) is 0. The smallest absolute Gasteiger partial charge is 0.0692 e. The van der Waals surface area contributed by atoms with E-state index < -0.39 is 0 Å². The molecule has 4 nitrogen and oxygen atoms in total. The fraction of sp³-hybridized carbons (Fsp3) is 0.714. The minimum atomic E-state index is 0.747. The molecule has 0 bridgehead atoms. The van der Waals surface area contributed by atoms with Crippen molar-refractivity contribution in [3.8, 4) is 0 Å².